The second-order valence-corrected chi connectivity index (χ2v) is 5.41. The van der Waals surface area contributed by atoms with E-state index in [1.165, 1.54) is 0 Å². The van der Waals surface area contributed by atoms with Gasteiger partial charge in [0.2, 0.25) is 0 Å². The van der Waals surface area contributed by atoms with Gasteiger partial charge in [-0.1, -0.05) is 13.3 Å². The Morgan fingerprint density at radius 3 is 2.53 bits per heavy atom. The first-order valence-corrected chi connectivity index (χ1v) is 7.26. The molecule has 2 unspecified atom stereocenters. The maximum absolute atomic E-state index is 11.8. The molecular formula is C14H27NO4. The quantitative estimate of drug-likeness (QED) is 0.599. The van der Waals surface area contributed by atoms with Crippen molar-refractivity contribution in [1.82, 2.24) is 5.32 Å². The van der Waals surface area contributed by atoms with Gasteiger partial charge in [-0.05, 0) is 32.6 Å². The Balaban J connectivity index is 2.57. The van der Waals surface area contributed by atoms with Gasteiger partial charge >= 0.3 is 5.97 Å². The van der Waals surface area contributed by atoms with Gasteiger partial charge in [0.05, 0.1) is 31.3 Å². The molecule has 5 nitrogen and oxygen atoms in total. The van der Waals surface area contributed by atoms with E-state index in [2.05, 4.69) is 5.32 Å². The average Bonchev–Trinajstić information content (AvgIpc) is 2.45. The van der Waals surface area contributed by atoms with Crippen molar-refractivity contribution < 1.29 is 19.7 Å². The van der Waals surface area contributed by atoms with E-state index in [0.717, 1.165) is 25.7 Å². The molecule has 112 valence electrons. The number of esters is 1. The lowest BCUT2D eigenvalue weighted by molar-refractivity contribution is -0.149. The number of nitrogens with one attached hydrogen (secondary N) is 1. The van der Waals surface area contributed by atoms with Crippen molar-refractivity contribution in [1.29, 1.82) is 0 Å². The van der Waals surface area contributed by atoms with Crippen LogP contribution in [0.25, 0.3) is 0 Å². The summed E-state index contributed by atoms with van der Waals surface area (Å²) in [5, 5.41) is 22.2. The van der Waals surface area contributed by atoms with Gasteiger partial charge in [-0.15, -0.1) is 0 Å². The van der Waals surface area contributed by atoms with Crippen molar-refractivity contribution in [2.24, 2.45) is 5.92 Å². The molecule has 3 N–H and O–H groups in total. The Bertz CT molecular complexity index is 270. The predicted octanol–water partition coefficient (Wildman–Crippen LogP) is 0.831. The molecule has 0 aromatic heterocycles. The Hall–Kier alpha value is -0.650. The molecule has 0 aliphatic heterocycles. The maximum atomic E-state index is 11.8. The summed E-state index contributed by atoms with van der Waals surface area (Å²) in [4.78, 5) is 11.8. The van der Waals surface area contributed by atoms with Gasteiger partial charge in [0, 0.05) is 6.04 Å². The lowest BCUT2D eigenvalue weighted by Crippen LogP contribution is -2.56. The van der Waals surface area contributed by atoms with Crippen molar-refractivity contribution in [3.05, 3.63) is 0 Å². The van der Waals surface area contributed by atoms with E-state index in [4.69, 9.17) is 4.74 Å². The van der Waals surface area contributed by atoms with E-state index in [-0.39, 0.29) is 31.1 Å². The summed E-state index contributed by atoms with van der Waals surface area (Å²) < 4.78 is 5.07. The molecule has 0 saturated heterocycles. The van der Waals surface area contributed by atoms with Crippen LogP contribution in [-0.4, -0.2) is 47.6 Å². The topological polar surface area (TPSA) is 78.8 Å². The third kappa shape index (κ3) is 4.44. The number of aliphatic hydroxyl groups excluding tert-OH is 2. The molecule has 0 bridgehead atoms. The summed E-state index contributed by atoms with van der Waals surface area (Å²) in [6.07, 6.45) is 4.19. The number of ether oxygens (including phenoxy) is 1. The Morgan fingerprint density at radius 1 is 1.32 bits per heavy atom. The Labute approximate surface area is 115 Å². The molecule has 0 aromatic carbocycles. The normalized spacial score (nSPS) is 24.2. The molecule has 0 radical (unpaired) electrons. The van der Waals surface area contributed by atoms with Crippen LogP contribution in [-0.2, 0) is 9.53 Å². The van der Waals surface area contributed by atoms with Crippen LogP contribution >= 0.6 is 0 Å². The molecule has 1 aliphatic carbocycles. The smallest absolute Gasteiger partial charge is 0.308 e. The molecule has 1 saturated carbocycles. The van der Waals surface area contributed by atoms with Crippen molar-refractivity contribution in [2.45, 2.75) is 57.5 Å². The van der Waals surface area contributed by atoms with Crippen molar-refractivity contribution in [3.8, 4) is 0 Å². The molecule has 0 spiro atoms. The summed E-state index contributed by atoms with van der Waals surface area (Å²) >= 11 is 0. The van der Waals surface area contributed by atoms with Crippen LogP contribution < -0.4 is 5.32 Å². The Morgan fingerprint density at radius 2 is 2.00 bits per heavy atom. The molecule has 0 aromatic rings. The molecule has 0 amide bonds. The lowest BCUT2D eigenvalue weighted by Gasteiger charge is -2.37. The highest BCUT2D eigenvalue weighted by molar-refractivity contribution is 5.72. The van der Waals surface area contributed by atoms with Crippen molar-refractivity contribution in [2.75, 3.05) is 19.8 Å². The number of hydrogen-bond donors (Lipinski definition) is 3. The summed E-state index contributed by atoms with van der Waals surface area (Å²) in [5.74, 6) is -0.178. The molecule has 0 heterocycles. The molecule has 1 aliphatic rings. The van der Waals surface area contributed by atoms with Gasteiger partial charge in [-0.3, -0.25) is 4.79 Å². The molecule has 1 rings (SSSR count). The highest BCUT2D eigenvalue weighted by Crippen LogP contribution is 2.27. The lowest BCUT2D eigenvalue weighted by atomic mass is 9.84. The highest BCUT2D eigenvalue weighted by atomic mass is 16.5. The van der Waals surface area contributed by atoms with E-state index in [9.17, 15) is 15.0 Å². The average molecular weight is 273 g/mol. The summed E-state index contributed by atoms with van der Waals surface area (Å²) in [6, 6.07) is 0.155. The van der Waals surface area contributed by atoms with Gasteiger partial charge in [0.25, 0.3) is 0 Å². The zero-order chi connectivity index (χ0) is 14.3. The third-order valence-electron chi connectivity index (χ3n) is 4.09. The molecule has 19 heavy (non-hydrogen) atoms. The van der Waals surface area contributed by atoms with Crippen LogP contribution in [0.5, 0.6) is 0 Å². The second-order valence-electron chi connectivity index (χ2n) is 5.41. The van der Waals surface area contributed by atoms with E-state index in [1.54, 1.807) is 0 Å². The van der Waals surface area contributed by atoms with E-state index < -0.39 is 5.54 Å². The Kier molecular flexibility index (Phi) is 6.75. The van der Waals surface area contributed by atoms with Crippen molar-refractivity contribution >= 4 is 5.97 Å². The molecule has 2 atom stereocenters. The van der Waals surface area contributed by atoms with Gasteiger partial charge < -0.3 is 20.3 Å². The van der Waals surface area contributed by atoms with E-state index in [1.807, 2.05) is 13.8 Å². The van der Waals surface area contributed by atoms with Crippen LogP contribution in [0.1, 0.15) is 46.0 Å². The molecule has 1 fully saturated rings. The zero-order valence-corrected chi connectivity index (χ0v) is 12.0. The number of aliphatic hydroxyl groups is 2. The van der Waals surface area contributed by atoms with Crippen LogP contribution in [0, 0.1) is 5.92 Å². The van der Waals surface area contributed by atoms with Crippen LogP contribution in [0.15, 0.2) is 0 Å². The van der Waals surface area contributed by atoms with Gasteiger partial charge in [0.1, 0.15) is 0 Å². The van der Waals surface area contributed by atoms with Gasteiger partial charge in [-0.2, -0.15) is 0 Å². The zero-order valence-electron chi connectivity index (χ0n) is 12.0. The molecule has 5 heteroatoms. The highest BCUT2D eigenvalue weighted by Gasteiger charge is 2.34. The van der Waals surface area contributed by atoms with Crippen molar-refractivity contribution in [3.63, 3.8) is 0 Å². The summed E-state index contributed by atoms with van der Waals surface area (Å²) in [5.41, 5.74) is -0.638. The van der Waals surface area contributed by atoms with Crippen LogP contribution in [0.3, 0.4) is 0 Å². The first kappa shape index (κ1) is 16.4. The maximum Gasteiger partial charge on any atom is 0.308 e. The number of rotatable bonds is 7. The monoisotopic (exact) mass is 273 g/mol. The summed E-state index contributed by atoms with van der Waals surface area (Å²) in [7, 11) is 0. The fourth-order valence-corrected chi connectivity index (χ4v) is 2.70. The minimum absolute atomic E-state index is 0.0573. The SMILES string of the molecule is CCOC(=O)C1CCCC(NC(CC)(CO)CO)C1. The standard InChI is InChI=1S/C14H27NO4/c1-3-14(9-16,10-17)15-12-7-5-6-11(8-12)13(18)19-4-2/h11-12,15-17H,3-10H2,1-2H3. The first-order valence-electron chi connectivity index (χ1n) is 7.26. The van der Waals surface area contributed by atoms with Gasteiger partial charge in [-0.25, -0.2) is 0 Å². The fraction of sp³-hybridized carbons (Fsp3) is 0.929. The first-order chi connectivity index (χ1) is 9.10. The van der Waals surface area contributed by atoms with E-state index in [0.29, 0.717) is 13.0 Å². The predicted molar refractivity (Wildman–Crippen MR) is 72.7 cm³/mol. The fourth-order valence-electron chi connectivity index (χ4n) is 2.70. The van der Waals surface area contributed by atoms with Crippen LogP contribution in [0.2, 0.25) is 0 Å². The second kappa shape index (κ2) is 7.82. The number of carbonyl (C=O) groups is 1. The number of carbonyl (C=O) groups excluding carboxylic acids is 1. The van der Waals surface area contributed by atoms with Crippen LogP contribution in [0.4, 0.5) is 0 Å². The largest absolute Gasteiger partial charge is 0.466 e. The third-order valence-corrected chi connectivity index (χ3v) is 4.09. The minimum Gasteiger partial charge on any atom is -0.466 e. The van der Waals surface area contributed by atoms with Gasteiger partial charge in [0.15, 0.2) is 0 Å². The minimum atomic E-state index is -0.638. The summed E-state index contributed by atoms with van der Waals surface area (Å²) in [6.45, 7) is 3.97. The van der Waals surface area contributed by atoms with E-state index >= 15 is 0 Å². The number of hydrogen-bond acceptors (Lipinski definition) is 5. The molecular weight excluding hydrogens is 246 g/mol.